The third-order valence-corrected chi connectivity index (χ3v) is 6.39. The highest BCUT2D eigenvalue weighted by atomic mass is 16.1. The van der Waals surface area contributed by atoms with E-state index in [0.717, 1.165) is 56.8 Å². The minimum Gasteiger partial charge on any atom is -0.369 e. The van der Waals surface area contributed by atoms with Gasteiger partial charge in [-0.25, -0.2) is 4.85 Å². The Morgan fingerprint density at radius 2 is 1.82 bits per heavy atom. The zero-order valence-corrected chi connectivity index (χ0v) is 18.4. The van der Waals surface area contributed by atoms with Crippen LogP contribution in [0.15, 0.2) is 72.0 Å². The molecule has 7 nitrogen and oxygen atoms in total. The first-order valence-corrected chi connectivity index (χ1v) is 11.3. The van der Waals surface area contributed by atoms with Gasteiger partial charge in [0.25, 0.3) is 5.56 Å². The molecule has 1 fully saturated rings. The van der Waals surface area contributed by atoms with Crippen LogP contribution >= 0.6 is 0 Å². The van der Waals surface area contributed by atoms with Crippen molar-refractivity contribution >= 4 is 22.3 Å². The van der Waals surface area contributed by atoms with Crippen molar-refractivity contribution in [2.75, 3.05) is 37.6 Å². The maximum atomic E-state index is 12.0. The van der Waals surface area contributed by atoms with Crippen LogP contribution in [-0.4, -0.2) is 52.2 Å². The van der Waals surface area contributed by atoms with Crippen LogP contribution in [0, 0.1) is 6.57 Å². The Morgan fingerprint density at radius 3 is 2.58 bits per heavy atom. The van der Waals surface area contributed by atoms with Gasteiger partial charge in [-0.05, 0) is 66.7 Å². The Balaban J connectivity index is 1.13. The number of nitrogens with zero attached hydrogens (tertiary/aromatic N) is 5. The molecule has 0 saturated carbocycles. The van der Waals surface area contributed by atoms with E-state index in [4.69, 9.17) is 6.57 Å². The molecule has 2 aromatic carbocycles. The van der Waals surface area contributed by atoms with Crippen LogP contribution in [-0.2, 0) is 6.42 Å². The van der Waals surface area contributed by atoms with E-state index < -0.39 is 0 Å². The van der Waals surface area contributed by atoms with E-state index in [1.807, 2.05) is 30.3 Å². The Labute approximate surface area is 192 Å². The maximum Gasteiger partial charge on any atom is 0.273 e. The molecular weight excluding hydrogens is 412 g/mol. The molecule has 5 rings (SSSR count). The first-order chi connectivity index (χ1) is 16.2. The largest absolute Gasteiger partial charge is 0.369 e. The summed E-state index contributed by atoms with van der Waals surface area (Å²) in [5, 5.41) is 1.17. The molecule has 0 aliphatic carbocycles. The van der Waals surface area contributed by atoms with Crippen LogP contribution in [0.3, 0.4) is 0 Å². The lowest BCUT2D eigenvalue weighted by molar-refractivity contribution is 0.255. The summed E-state index contributed by atoms with van der Waals surface area (Å²) in [5.41, 5.74) is 5.01. The summed E-state index contributed by atoms with van der Waals surface area (Å²) in [5.74, 6) is 0. The highest BCUT2D eigenvalue weighted by Crippen LogP contribution is 2.25. The number of piperazine rings is 1. The molecule has 0 amide bonds. The molecule has 7 heteroatoms. The van der Waals surface area contributed by atoms with Gasteiger partial charge in [-0.2, -0.15) is 0 Å². The number of aromatic amines is 1. The van der Waals surface area contributed by atoms with E-state index in [1.165, 1.54) is 22.8 Å². The molecular formula is C26H26N6O. The molecule has 0 spiro atoms. The lowest BCUT2D eigenvalue weighted by Crippen LogP contribution is -2.46. The standard InChI is InChI=1S/C26H26N6O/c1-27-21-4-9-25-24(17-21)20(18-29-25)3-2-11-30-13-15-31(16-14-30)22-5-7-23(8-6-22)32-12-10-28-19-26(32)33/h4-10,12,17-19,29H,2-3,11,13-16H2. The number of anilines is 1. The van der Waals surface area contributed by atoms with Crippen molar-refractivity contribution in [3.05, 3.63) is 94.6 Å². The van der Waals surface area contributed by atoms with Gasteiger partial charge in [0.05, 0.1) is 12.8 Å². The summed E-state index contributed by atoms with van der Waals surface area (Å²) in [6.07, 6.45) is 8.84. The minimum absolute atomic E-state index is 0.127. The molecule has 166 valence electrons. The summed E-state index contributed by atoms with van der Waals surface area (Å²) < 4.78 is 1.60. The molecule has 0 unspecified atom stereocenters. The molecule has 1 aliphatic heterocycles. The topological polar surface area (TPSA) is 61.5 Å². The molecule has 4 aromatic rings. The second kappa shape index (κ2) is 9.31. The van der Waals surface area contributed by atoms with Crippen LogP contribution in [0.2, 0.25) is 0 Å². The van der Waals surface area contributed by atoms with E-state index >= 15 is 0 Å². The highest BCUT2D eigenvalue weighted by Gasteiger charge is 2.17. The summed E-state index contributed by atoms with van der Waals surface area (Å²) in [6, 6.07) is 14.0. The van der Waals surface area contributed by atoms with Crippen LogP contribution < -0.4 is 10.5 Å². The summed E-state index contributed by atoms with van der Waals surface area (Å²) in [6.45, 7) is 12.4. The van der Waals surface area contributed by atoms with Crippen molar-refractivity contribution in [1.29, 1.82) is 0 Å². The predicted octanol–water partition coefficient (Wildman–Crippen LogP) is 4.02. The van der Waals surface area contributed by atoms with Crippen LogP contribution in [0.5, 0.6) is 0 Å². The van der Waals surface area contributed by atoms with Gasteiger partial charge >= 0.3 is 0 Å². The first-order valence-electron chi connectivity index (χ1n) is 11.3. The number of aryl methyl sites for hydroxylation is 1. The Morgan fingerprint density at radius 1 is 1.03 bits per heavy atom. The molecule has 0 radical (unpaired) electrons. The second-order valence-electron chi connectivity index (χ2n) is 8.39. The molecule has 1 aliphatic rings. The van der Waals surface area contributed by atoms with Crippen molar-refractivity contribution in [3.63, 3.8) is 0 Å². The van der Waals surface area contributed by atoms with Crippen LogP contribution in [0.1, 0.15) is 12.0 Å². The smallest absolute Gasteiger partial charge is 0.273 e. The molecule has 0 atom stereocenters. The Hall–Kier alpha value is -3.89. The van der Waals surface area contributed by atoms with Crippen molar-refractivity contribution < 1.29 is 0 Å². The third-order valence-electron chi connectivity index (χ3n) is 6.39. The maximum absolute atomic E-state index is 12.0. The van der Waals surface area contributed by atoms with E-state index in [0.29, 0.717) is 5.69 Å². The number of nitrogens with one attached hydrogen (secondary N) is 1. The zero-order chi connectivity index (χ0) is 22.6. The van der Waals surface area contributed by atoms with Gasteiger partial charge in [-0.15, -0.1) is 0 Å². The molecule has 0 bridgehead atoms. The highest BCUT2D eigenvalue weighted by molar-refractivity contribution is 5.86. The normalized spacial score (nSPS) is 14.5. The molecule has 3 heterocycles. The molecule has 2 aromatic heterocycles. The fourth-order valence-corrected chi connectivity index (χ4v) is 4.55. The second-order valence-corrected chi connectivity index (χ2v) is 8.39. The lowest BCUT2D eigenvalue weighted by atomic mass is 10.1. The van der Waals surface area contributed by atoms with E-state index in [9.17, 15) is 4.79 Å². The average Bonchev–Trinajstić information content (AvgIpc) is 3.27. The van der Waals surface area contributed by atoms with Gasteiger partial charge in [-0.1, -0.05) is 6.07 Å². The molecule has 1 N–H and O–H groups in total. The minimum atomic E-state index is -0.127. The number of hydrogen-bond acceptors (Lipinski definition) is 4. The monoisotopic (exact) mass is 438 g/mol. The van der Waals surface area contributed by atoms with Gasteiger partial charge in [0.1, 0.15) is 0 Å². The van der Waals surface area contributed by atoms with Gasteiger partial charge < -0.3 is 9.88 Å². The third kappa shape index (κ3) is 4.52. The van der Waals surface area contributed by atoms with Gasteiger partial charge in [-0.3, -0.25) is 19.2 Å². The summed E-state index contributed by atoms with van der Waals surface area (Å²) >= 11 is 0. The van der Waals surface area contributed by atoms with E-state index in [-0.39, 0.29) is 5.56 Å². The van der Waals surface area contributed by atoms with E-state index in [2.05, 4.69) is 42.9 Å². The zero-order valence-electron chi connectivity index (χ0n) is 18.4. The van der Waals surface area contributed by atoms with Gasteiger partial charge in [0.2, 0.25) is 0 Å². The molecule has 33 heavy (non-hydrogen) atoms. The van der Waals surface area contributed by atoms with Crippen LogP contribution in [0.25, 0.3) is 21.4 Å². The van der Waals surface area contributed by atoms with Crippen molar-refractivity contribution in [1.82, 2.24) is 19.4 Å². The average molecular weight is 439 g/mol. The number of H-pyrrole nitrogens is 1. The Bertz CT molecular complexity index is 1340. The van der Waals surface area contributed by atoms with Crippen molar-refractivity contribution in [2.24, 2.45) is 0 Å². The fourth-order valence-electron chi connectivity index (χ4n) is 4.55. The quantitative estimate of drug-likeness (QED) is 0.462. The lowest BCUT2D eigenvalue weighted by Gasteiger charge is -2.36. The van der Waals surface area contributed by atoms with Crippen molar-refractivity contribution in [2.45, 2.75) is 12.8 Å². The number of hydrogen-bond donors (Lipinski definition) is 1. The van der Waals surface area contributed by atoms with Gasteiger partial charge in [0, 0.05) is 61.7 Å². The Kier molecular flexibility index (Phi) is 5.92. The van der Waals surface area contributed by atoms with Gasteiger partial charge in [0.15, 0.2) is 5.69 Å². The number of aromatic nitrogens is 3. The summed E-state index contributed by atoms with van der Waals surface area (Å²) in [7, 11) is 0. The van der Waals surface area contributed by atoms with Crippen LogP contribution in [0.4, 0.5) is 11.4 Å². The SMILES string of the molecule is [C-]#[N+]c1ccc2[nH]cc(CCCN3CCN(c4ccc(-n5ccncc5=O)cc4)CC3)c2c1. The predicted molar refractivity (Wildman–Crippen MR) is 131 cm³/mol. The molecule has 1 saturated heterocycles. The van der Waals surface area contributed by atoms with E-state index in [1.54, 1.807) is 17.0 Å². The van der Waals surface area contributed by atoms with Crippen molar-refractivity contribution in [3.8, 4) is 5.69 Å². The number of fused-ring (bicyclic) bond motifs is 1. The summed E-state index contributed by atoms with van der Waals surface area (Å²) in [4.78, 5) is 27.6. The number of rotatable bonds is 6. The number of benzene rings is 2. The fraction of sp³-hybridized carbons (Fsp3) is 0.269. The first kappa shape index (κ1) is 21.0.